The van der Waals surface area contributed by atoms with Gasteiger partial charge in [0, 0.05) is 5.69 Å². The summed E-state index contributed by atoms with van der Waals surface area (Å²) in [4.78, 5) is 11.7. The van der Waals surface area contributed by atoms with Crippen molar-refractivity contribution in [1.29, 1.82) is 0 Å². The lowest BCUT2D eigenvalue weighted by Crippen LogP contribution is -2.11. The van der Waals surface area contributed by atoms with Gasteiger partial charge in [0.1, 0.15) is 5.82 Å². The quantitative estimate of drug-likeness (QED) is 0.394. The minimum absolute atomic E-state index is 0.00619. The van der Waals surface area contributed by atoms with Crippen LogP contribution in [-0.4, -0.2) is 12.8 Å². The first kappa shape index (κ1) is 14.0. The van der Waals surface area contributed by atoms with Gasteiger partial charge in [0.05, 0.1) is 12.2 Å². The maximum absolute atomic E-state index is 13.0. The predicted octanol–water partition coefficient (Wildman–Crippen LogP) is 2.74. The van der Waals surface area contributed by atoms with Gasteiger partial charge in [-0.3, -0.25) is 0 Å². The Morgan fingerprint density at radius 1 is 1.15 bits per heavy atom. The number of benzene rings is 2. The molecule has 5 heteroatoms. The highest BCUT2D eigenvalue weighted by Crippen LogP contribution is 2.14. The van der Waals surface area contributed by atoms with Crippen LogP contribution in [0.2, 0.25) is 0 Å². The minimum atomic E-state index is -0.713. The van der Waals surface area contributed by atoms with Gasteiger partial charge in [-0.15, -0.1) is 0 Å². The number of carbonyl (C=O) groups is 1. The molecule has 0 aromatic heterocycles. The number of nitrogen functional groups attached to an aromatic ring is 1. The van der Waals surface area contributed by atoms with Crippen LogP contribution < -0.4 is 5.73 Å². The second-order valence-corrected chi connectivity index (χ2v) is 4.12. The minimum Gasteiger partial charge on any atom is -0.435 e. The Balaban J connectivity index is 1.82. The molecule has 2 N–H and O–H groups in total. The third-order valence-corrected chi connectivity index (χ3v) is 2.62. The molecule has 0 aliphatic carbocycles. The van der Waals surface area contributed by atoms with Crippen LogP contribution in [-0.2, 0) is 16.1 Å². The first-order valence-electron chi connectivity index (χ1n) is 6.00. The number of halogens is 1. The topological polar surface area (TPSA) is 61.6 Å². The van der Waals surface area contributed by atoms with Crippen molar-refractivity contribution < 1.29 is 18.7 Å². The van der Waals surface area contributed by atoms with Crippen molar-refractivity contribution in [3.8, 4) is 0 Å². The number of nitrogens with two attached hydrogens (primary N) is 1. The van der Waals surface area contributed by atoms with E-state index in [4.69, 9.17) is 15.2 Å². The normalized spacial score (nSPS) is 10.2. The van der Waals surface area contributed by atoms with Crippen molar-refractivity contribution in [2.75, 3.05) is 12.5 Å². The zero-order valence-corrected chi connectivity index (χ0v) is 10.7. The van der Waals surface area contributed by atoms with E-state index < -0.39 is 11.8 Å². The highest BCUT2D eigenvalue weighted by atomic mass is 19.1. The van der Waals surface area contributed by atoms with E-state index in [9.17, 15) is 9.18 Å². The van der Waals surface area contributed by atoms with Crippen LogP contribution in [0.4, 0.5) is 10.1 Å². The SMILES string of the molecule is Nc1ccc(F)cc1C(=O)OCOCc1ccccc1. The van der Waals surface area contributed by atoms with Crippen LogP contribution in [0.15, 0.2) is 48.5 Å². The fourth-order valence-electron chi connectivity index (χ4n) is 1.61. The van der Waals surface area contributed by atoms with Crippen LogP contribution in [0.25, 0.3) is 0 Å². The molecule has 20 heavy (non-hydrogen) atoms. The molecule has 104 valence electrons. The first-order valence-corrected chi connectivity index (χ1v) is 6.00. The summed E-state index contributed by atoms with van der Waals surface area (Å²) in [7, 11) is 0. The molecule has 0 unspecified atom stereocenters. The molecule has 0 amide bonds. The van der Waals surface area contributed by atoms with Crippen LogP contribution in [0, 0.1) is 5.82 Å². The van der Waals surface area contributed by atoms with Gasteiger partial charge in [0.25, 0.3) is 0 Å². The van der Waals surface area contributed by atoms with Gasteiger partial charge in [-0.1, -0.05) is 30.3 Å². The van der Waals surface area contributed by atoms with Gasteiger partial charge in [-0.2, -0.15) is 0 Å². The summed E-state index contributed by atoms with van der Waals surface area (Å²) >= 11 is 0. The van der Waals surface area contributed by atoms with E-state index in [-0.39, 0.29) is 18.0 Å². The highest BCUT2D eigenvalue weighted by molar-refractivity contribution is 5.94. The second-order valence-electron chi connectivity index (χ2n) is 4.12. The van der Waals surface area contributed by atoms with E-state index in [2.05, 4.69) is 0 Å². The zero-order valence-electron chi connectivity index (χ0n) is 10.7. The summed E-state index contributed by atoms with van der Waals surface area (Å²) in [6.45, 7) is 0.108. The Kier molecular flexibility index (Phi) is 4.68. The van der Waals surface area contributed by atoms with Gasteiger partial charge in [0.2, 0.25) is 0 Å². The van der Waals surface area contributed by atoms with E-state index in [1.807, 2.05) is 30.3 Å². The predicted molar refractivity (Wildman–Crippen MR) is 72.3 cm³/mol. The Morgan fingerprint density at radius 2 is 1.90 bits per heavy atom. The molecule has 0 fully saturated rings. The lowest BCUT2D eigenvalue weighted by molar-refractivity contribution is -0.0380. The average Bonchev–Trinajstić information content (AvgIpc) is 2.47. The lowest BCUT2D eigenvalue weighted by atomic mass is 10.2. The summed E-state index contributed by atoms with van der Waals surface area (Å²) in [5.41, 5.74) is 6.70. The molecule has 0 saturated heterocycles. The standard InChI is InChI=1S/C15H14FNO3/c16-12-6-7-14(17)13(8-12)15(18)20-10-19-9-11-4-2-1-3-5-11/h1-8H,9-10,17H2. The van der Waals surface area contributed by atoms with E-state index >= 15 is 0 Å². The monoisotopic (exact) mass is 275 g/mol. The van der Waals surface area contributed by atoms with Gasteiger partial charge in [-0.05, 0) is 23.8 Å². The summed E-state index contributed by atoms with van der Waals surface area (Å²) < 4.78 is 23.1. The van der Waals surface area contributed by atoms with E-state index in [0.29, 0.717) is 6.61 Å². The number of anilines is 1. The van der Waals surface area contributed by atoms with Crippen LogP contribution in [0.3, 0.4) is 0 Å². The summed E-state index contributed by atoms with van der Waals surface area (Å²) in [5.74, 6) is -1.26. The molecule has 0 aliphatic heterocycles. The molecule has 4 nitrogen and oxygen atoms in total. The van der Waals surface area contributed by atoms with Crippen molar-refractivity contribution in [2.45, 2.75) is 6.61 Å². The van der Waals surface area contributed by atoms with E-state index in [1.165, 1.54) is 12.1 Å². The number of hydrogen-bond acceptors (Lipinski definition) is 4. The summed E-state index contributed by atoms with van der Waals surface area (Å²) in [6.07, 6.45) is 0. The fraction of sp³-hybridized carbons (Fsp3) is 0.133. The molecular formula is C15H14FNO3. The number of esters is 1. The van der Waals surface area contributed by atoms with Gasteiger partial charge < -0.3 is 15.2 Å². The number of rotatable bonds is 5. The molecule has 0 aliphatic rings. The van der Waals surface area contributed by atoms with Crippen molar-refractivity contribution in [2.24, 2.45) is 0 Å². The molecule has 0 bridgehead atoms. The fourth-order valence-corrected chi connectivity index (χ4v) is 1.61. The van der Waals surface area contributed by atoms with Crippen LogP contribution in [0.5, 0.6) is 0 Å². The Hall–Kier alpha value is -2.40. The maximum atomic E-state index is 13.0. The molecular weight excluding hydrogens is 261 g/mol. The van der Waals surface area contributed by atoms with Crippen LogP contribution in [0.1, 0.15) is 15.9 Å². The van der Waals surface area contributed by atoms with Crippen molar-refractivity contribution >= 4 is 11.7 Å². The van der Waals surface area contributed by atoms with Crippen molar-refractivity contribution in [3.63, 3.8) is 0 Å². The lowest BCUT2D eigenvalue weighted by Gasteiger charge is -2.08. The molecule has 0 spiro atoms. The Bertz CT molecular complexity index is 587. The molecule has 2 rings (SSSR count). The number of hydrogen-bond donors (Lipinski definition) is 1. The summed E-state index contributed by atoms with van der Waals surface area (Å²) in [6, 6.07) is 13.0. The second kappa shape index (κ2) is 6.68. The van der Waals surface area contributed by atoms with Crippen molar-refractivity contribution in [1.82, 2.24) is 0 Å². The highest BCUT2D eigenvalue weighted by Gasteiger charge is 2.12. The molecule has 2 aromatic carbocycles. The van der Waals surface area contributed by atoms with Crippen molar-refractivity contribution in [3.05, 3.63) is 65.5 Å². The third kappa shape index (κ3) is 3.80. The molecule has 2 aromatic rings. The smallest absolute Gasteiger partial charge is 0.342 e. The summed E-state index contributed by atoms with van der Waals surface area (Å²) in [5, 5.41) is 0. The molecule has 0 saturated carbocycles. The van der Waals surface area contributed by atoms with Crippen LogP contribution >= 0.6 is 0 Å². The molecule has 0 heterocycles. The maximum Gasteiger partial charge on any atom is 0.342 e. The number of ether oxygens (including phenoxy) is 2. The van der Waals surface area contributed by atoms with Gasteiger partial charge >= 0.3 is 5.97 Å². The third-order valence-electron chi connectivity index (χ3n) is 2.62. The van der Waals surface area contributed by atoms with Gasteiger partial charge in [-0.25, -0.2) is 9.18 Å². The zero-order chi connectivity index (χ0) is 14.4. The molecule has 0 atom stereocenters. The van der Waals surface area contributed by atoms with E-state index in [0.717, 1.165) is 11.6 Å². The molecule has 0 radical (unpaired) electrons. The largest absolute Gasteiger partial charge is 0.435 e. The Labute approximate surface area is 115 Å². The Morgan fingerprint density at radius 3 is 2.65 bits per heavy atom. The number of carbonyl (C=O) groups excluding carboxylic acids is 1. The van der Waals surface area contributed by atoms with Gasteiger partial charge in [0.15, 0.2) is 6.79 Å². The first-order chi connectivity index (χ1) is 9.66. The average molecular weight is 275 g/mol. The van der Waals surface area contributed by atoms with E-state index in [1.54, 1.807) is 0 Å².